The highest BCUT2D eigenvalue weighted by Gasteiger charge is 2.37. The summed E-state index contributed by atoms with van der Waals surface area (Å²) < 4.78 is 76.8. The first-order valence-electron chi connectivity index (χ1n) is 7.07. The molecule has 0 aromatic heterocycles. The van der Waals surface area contributed by atoms with Crippen molar-refractivity contribution in [2.45, 2.75) is 37.7 Å². The van der Waals surface area contributed by atoms with Crippen LogP contribution in [0.1, 0.15) is 36.5 Å². The maximum Gasteiger partial charge on any atom is 0.416 e. The number of alkyl halides is 6. The summed E-state index contributed by atoms with van der Waals surface area (Å²) in [6.07, 6.45) is -7.94. The Morgan fingerprint density at radius 2 is 1.60 bits per heavy atom. The second-order valence-corrected chi connectivity index (χ2v) is 5.28. The Morgan fingerprint density at radius 3 is 1.92 bits per heavy atom. The zero-order valence-corrected chi connectivity index (χ0v) is 13.1. The minimum Gasteiger partial charge on any atom is -0.479 e. The van der Waals surface area contributed by atoms with Crippen LogP contribution in [0.5, 0.6) is 0 Å². The molecule has 1 unspecified atom stereocenters. The zero-order valence-electron chi connectivity index (χ0n) is 13.1. The molecule has 25 heavy (non-hydrogen) atoms. The number of aliphatic imine (C=N–C) groups is 1. The molecule has 0 aliphatic rings. The number of carbonyl (C=O) groups is 1. The third-order valence-corrected chi connectivity index (χ3v) is 3.39. The number of rotatable bonds is 6. The smallest absolute Gasteiger partial charge is 0.416 e. The number of nitrogens with zero attached hydrogens (tertiary/aromatic N) is 1. The van der Waals surface area contributed by atoms with Gasteiger partial charge in [-0.2, -0.15) is 26.3 Å². The van der Waals surface area contributed by atoms with Crippen LogP contribution in [-0.4, -0.2) is 22.8 Å². The van der Waals surface area contributed by atoms with Gasteiger partial charge in [0, 0.05) is 6.21 Å². The van der Waals surface area contributed by atoms with Crippen LogP contribution in [0.4, 0.5) is 26.3 Å². The van der Waals surface area contributed by atoms with Crippen molar-refractivity contribution in [3.63, 3.8) is 0 Å². The summed E-state index contributed by atoms with van der Waals surface area (Å²) in [6.45, 7) is 5.00. The normalized spacial score (nSPS) is 15.2. The average Bonchev–Trinajstić information content (AvgIpc) is 2.49. The molecule has 1 aromatic carbocycles. The van der Waals surface area contributed by atoms with Gasteiger partial charge in [-0.1, -0.05) is 19.4 Å². The van der Waals surface area contributed by atoms with E-state index in [1.54, 1.807) is 6.92 Å². The number of aliphatic carboxylic acids is 1. The van der Waals surface area contributed by atoms with E-state index in [1.165, 1.54) is 0 Å². The molecule has 0 saturated heterocycles. The van der Waals surface area contributed by atoms with Gasteiger partial charge in [0.05, 0.1) is 11.1 Å². The average molecular weight is 367 g/mol. The second-order valence-electron chi connectivity index (χ2n) is 5.28. The lowest BCUT2D eigenvalue weighted by Crippen LogP contribution is -2.34. The minimum absolute atomic E-state index is 0.00652. The van der Waals surface area contributed by atoms with E-state index in [1.807, 2.05) is 0 Å². The fourth-order valence-corrected chi connectivity index (χ4v) is 2.09. The largest absolute Gasteiger partial charge is 0.479 e. The predicted molar refractivity (Wildman–Crippen MR) is 79.5 cm³/mol. The SMILES string of the molecule is C=CC(CCC)(N=Cc1cc(C(F)(F)F)cc(C(F)(F)F)c1)C(=O)O. The van der Waals surface area contributed by atoms with Crippen LogP contribution in [0.2, 0.25) is 0 Å². The summed E-state index contributed by atoms with van der Waals surface area (Å²) in [4.78, 5) is 15.1. The van der Waals surface area contributed by atoms with E-state index in [4.69, 9.17) is 0 Å². The molecular weight excluding hydrogens is 352 g/mol. The van der Waals surface area contributed by atoms with E-state index < -0.39 is 40.6 Å². The Morgan fingerprint density at radius 1 is 1.12 bits per heavy atom. The van der Waals surface area contributed by atoms with Crippen LogP contribution in [0, 0.1) is 0 Å². The summed E-state index contributed by atoms with van der Waals surface area (Å²) in [5.41, 5.74) is -5.33. The molecule has 3 nitrogen and oxygen atoms in total. The second kappa shape index (κ2) is 7.28. The van der Waals surface area contributed by atoms with Gasteiger partial charge in [0.25, 0.3) is 0 Å². The Labute approximate surface area is 139 Å². The highest BCUT2D eigenvalue weighted by atomic mass is 19.4. The standard InChI is InChI=1S/C16H15F6NO2/c1-3-5-14(4-2,13(24)25)23-9-10-6-11(15(17,18)19)8-12(7-10)16(20,21)22/h4,6-9H,2-3,5H2,1H3,(H,24,25). The molecule has 1 N–H and O–H groups in total. The quantitative estimate of drug-likeness (QED) is 0.439. The Bertz CT molecular complexity index is 646. The van der Waals surface area contributed by atoms with Crippen molar-refractivity contribution in [1.29, 1.82) is 0 Å². The lowest BCUT2D eigenvalue weighted by atomic mass is 9.94. The van der Waals surface area contributed by atoms with Gasteiger partial charge in [-0.15, -0.1) is 6.58 Å². The maximum absolute atomic E-state index is 12.8. The highest BCUT2D eigenvalue weighted by molar-refractivity contribution is 5.88. The van der Waals surface area contributed by atoms with Crippen LogP contribution < -0.4 is 0 Å². The third kappa shape index (κ3) is 5.07. The van der Waals surface area contributed by atoms with Crippen LogP contribution >= 0.6 is 0 Å². The first kappa shape index (κ1) is 20.7. The van der Waals surface area contributed by atoms with Gasteiger partial charge in [-0.05, 0) is 30.2 Å². The highest BCUT2D eigenvalue weighted by Crippen LogP contribution is 2.36. The molecule has 0 aliphatic heterocycles. The number of hydrogen-bond acceptors (Lipinski definition) is 2. The number of hydrogen-bond donors (Lipinski definition) is 1. The zero-order chi connectivity index (χ0) is 19.5. The Balaban J connectivity index is 3.46. The third-order valence-electron chi connectivity index (χ3n) is 3.39. The van der Waals surface area contributed by atoms with Crippen molar-refractivity contribution in [3.8, 4) is 0 Å². The van der Waals surface area contributed by atoms with E-state index in [0.717, 1.165) is 6.08 Å². The molecule has 1 aromatic rings. The monoisotopic (exact) mass is 367 g/mol. The number of carboxylic acid groups (broad SMARTS) is 1. The number of carboxylic acids is 1. The van der Waals surface area contributed by atoms with Crippen molar-refractivity contribution in [2.75, 3.05) is 0 Å². The van der Waals surface area contributed by atoms with E-state index in [2.05, 4.69) is 11.6 Å². The van der Waals surface area contributed by atoms with Crippen molar-refractivity contribution in [2.24, 2.45) is 4.99 Å². The van der Waals surface area contributed by atoms with Crippen LogP contribution in [0.3, 0.4) is 0 Å². The summed E-state index contributed by atoms with van der Waals surface area (Å²) in [5.74, 6) is -1.40. The first-order valence-corrected chi connectivity index (χ1v) is 7.07. The van der Waals surface area contributed by atoms with Gasteiger partial charge in [0.2, 0.25) is 0 Å². The fraction of sp³-hybridized carbons (Fsp3) is 0.375. The molecule has 0 fully saturated rings. The fourth-order valence-electron chi connectivity index (χ4n) is 2.09. The first-order chi connectivity index (χ1) is 11.4. The Kier molecular flexibility index (Phi) is 6.04. The van der Waals surface area contributed by atoms with Crippen LogP contribution in [0.25, 0.3) is 0 Å². The maximum atomic E-state index is 12.8. The van der Waals surface area contributed by atoms with Gasteiger partial charge < -0.3 is 5.11 Å². The minimum atomic E-state index is -4.99. The molecule has 0 aliphatic carbocycles. The van der Waals surface area contributed by atoms with Crippen molar-refractivity contribution in [3.05, 3.63) is 47.5 Å². The summed E-state index contributed by atoms with van der Waals surface area (Å²) in [5, 5.41) is 9.26. The van der Waals surface area contributed by atoms with Gasteiger partial charge in [-0.3, -0.25) is 4.99 Å². The van der Waals surface area contributed by atoms with Gasteiger partial charge in [0.15, 0.2) is 5.54 Å². The van der Waals surface area contributed by atoms with Crippen LogP contribution in [0.15, 0.2) is 35.8 Å². The van der Waals surface area contributed by atoms with E-state index >= 15 is 0 Å². The molecular formula is C16H15F6NO2. The van der Waals surface area contributed by atoms with Gasteiger partial charge in [-0.25, -0.2) is 4.79 Å². The van der Waals surface area contributed by atoms with Crippen LogP contribution in [-0.2, 0) is 17.1 Å². The molecule has 138 valence electrons. The summed E-state index contributed by atoms with van der Waals surface area (Å²) in [6, 6.07) is 0.933. The predicted octanol–water partition coefficient (Wildman–Crippen LogP) is 4.95. The molecule has 1 atom stereocenters. The van der Waals surface area contributed by atoms with E-state index in [-0.39, 0.29) is 12.5 Å². The molecule has 0 spiro atoms. The number of benzene rings is 1. The van der Waals surface area contributed by atoms with Crippen molar-refractivity contribution >= 4 is 12.2 Å². The van der Waals surface area contributed by atoms with Gasteiger partial charge in [0.1, 0.15) is 0 Å². The molecule has 0 bridgehead atoms. The van der Waals surface area contributed by atoms with Crippen molar-refractivity contribution < 1.29 is 36.2 Å². The van der Waals surface area contributed by atoms with Gasteiger partial charge >= 0.3 is 18.3 Å². The summed E-state index contributed by atoms with van der Waals surface area (Å²) >= 11 is 0. The lowest BCUT2D eigenvalue weighted by molar-refractivity contribution is -0.143. The molecule has 0 radical (unpaired) electrons. The summed E-state index contributed by atoms with van der Waals surface area (Å²) in [7, 11) is 0. The number of halogens is 6. The molecule has 0 amide bonds. The Hall–Kier alpha value is -2.32. The molecule has 0 heterocycles. The van der Waals surface area contributed by atoms with Crippen molar-refractivity contribution in [1.82, 2.24) is 0 Å². The topological polar surface area (TPSA) is 49.7 Å². The van der Waals surface area contributed by atoms with E-state index in [9.17, 15) is 36.2 Å². The lowest BCUT2D eigenvalue weighted by Gasteiger charge is -2.20. The van der Waals surface area contributed by atoms with E-state index in [0.29, 0.717) is 24.8 Å². The molecule has 1 rings (SSSR count). The molecule has 9 heteroatoms. The molecule has 0 saturated carbocycles.